The van der Waals surface area contributed by atoms with Crippen LogP contribution in [-0.4, -0.2) is 11.9 Å². The largest absolute Gasteiger partial charge is 1.00 e. The first-order chi connectivity index (χ1) is 9.23. The van der Waals surface area contributed by atoms with Gasteiger partial charge in [-0.3, -0.25) is 10.1 Å². The number of carbonyl (C=O) groups is 2. The Morgan fingerprint density at radius 2 is 1.20 bits per heavy atom. The van der Waals surface area contributed by atoms with E-state index in [0.29, 0.717) is 0 Å². The topological polar surface area (TPSA) is 58.2 Å². The summed E-state index contributed by atoms with van der Waals surface area (Å²) >= 11 is 0. The van der Waals surface area contributed by atoms with Gasteiger partial charge in [0.05, 0.1) is 0 Å². The summed E-state index contributed by atoms with van der Waals surface area (Å²) in [5.41, 5.74) is 0.341. The molecule has 94 valence electrons. The molecule has 3 rings (SSSR count). The number of benzene rings is 2. The van der Waals surface area contributed by atoms with Crippen LogP contribution in [-0.2, 0) is 10.3 Å². The normalized spacial score (nSPS) is 16.0. The molecule has 20 heavy (non-hydrogen) atoms. The molecule has 0 aliphatic carbocycles. The molecule has 4 nitrogen and oxygen atoms in total. The van der Waals surface area contributed by atoms with E-state index in [1.165, 1.54) is 0 Å². The molecule has 0 atom stereocenters. The van der Waals surface area contributed by atoms with Gasteiger partial charge in [-0.1, -0.05) is 60.7 Å². The first-order valence-electron chi connectivity index (χ1n) is 5.98. The zero-order chi connectivity index (χ0) is 13.3. The predicted molar refractivity (Wildman–Crippen MR) is 70.3 cm³/mol. The molecule has 1 fully saturated rings. The van der Waals surface area contributed by atoms with Gasteiger partial charge in [0.1, 0.15) is 0 Å². The van der Waals surface area contributed by atoms with Crippen LogP contribution in [0, 0.1) is 0 Å². The summed E-state index contributed by atoms with van der Waals surface area (Å²) in [6.07, 6.45) is 0. The molecule has 1 aliphatic heterocycles. The van der Waals surface area contributed by atoms with E-state index in [1.54, 1.807) is 0 Å². The Balaban J connectivity index is 0.00000147. The molecule has 1 saturated heterocycles. The molecule has 0 unspecified atom stereocenters. The van der Waals surface area contributed by atoms with E-state index in [1.807, 2.05) is 60.7 Å². The number of imide groups is 1. The molecule has 1 heterocycles. The molecule has 3 amide bonds. The van der Waals surface area contributed by atoms with Crippen molar-refractivity contribution in [3.05, 3.63) is 71.8 Å². The molecule has 5 heteroatoms. The molecule has 0 bridgehead atoms. The van der Waals surface area contributed by atoms with Crippen molar-refractivity contribution in [1.82, 2.24) is 10.6 Å². The van der Waals surface area contributed by atoms with Crippen molar-refractivity contribution in [2.24, 2.45) is 0 Å². The van der Waals surface area contributed by atoms with Gasteiger partial charge in [-0.25, -0.2) is 4.79 Å². The van der Waals surface area contributed by atoms with E-state index < -0.39 is 11.6 Å². The van der Waals surface area contributed by atoms with Gasteiger partial charge in [0, 0.05) is 0 Å². The zero-order valence-corrected chi connectivity index (χ0v) is 13.1. The Kier molecular flexibility index (Phi) is 4.28. The van der Waals surface area contributed by atoms with Crippen LogP contribution in [0.5, 0.6) is 0 Å². The Hall–Kier alpha value is -1.62. The van der Waals surface area contributed by atoms with Crippen LogP contribution in [0.2, 0.25) is 0 Å². The summed E-state index contributed by atoms with van der Waals surface area (Å²) in [6.45, 7) is 0. The third-order valence-corrected chi connectivity index (χ3v) is 3.28. The van der Waals surface area contributed by atoms with E-state index in [0.717, 1.165) is 11.1 Å². The number of urea groups is 1. The molecular weight excluding hydrogens is 263 g/mol. The van der Waals surface area contributed by atoms with E-state index in [2.05, 4.69) is 10.6 Å². The Bertz CT molecular complexity index is 589. The van der Waals surface area contributed by atoms with Crippen LogP contribution < -0.4 is 40.2 Å². The van der Waals surface area contributed by atoms with Crippen LogP contribution >= 0.6 is 0 Å². The van der Waals surface area contributed by atoms with E-state index >= 15 is 0 Å². The number of nitrogens with one attached hydrogen (secondary N) is 2. The SMILES string of the molecule is O=C1NC(=O)C(c2ccccc2)(c2ccccc2)N1.[Na+]. The molecule has 2 aromatic carbocycles. The molecule has 0 spiro atoms. The number of hydrogen-bond donors (Lipinski definition) is 2. The fraction of sp³-hybridized carbons (Fsp3) is 0.0667. The zero-order valence-electron chi connectivity index (χ0n) is 11.1. The summed E-state index contributed by atoms with van der Waals surface area (Å²) < 4.78 is 0. The second kappa shape index (κ2) is 5.79. The molecular formula is C15H12N2NaO2+. The van der Waals surface area contributed by atoms with Crippen LogP contribution in [0.3, 0.4) is 0 Å². The summed E-state index contributed by atoms with van der Waals surface area (Å²) in [7, 11) is 0. The van der Waals surface area contributed by atoms with Crippen molar-refractivity contribution < 1.29 is 39.1 Å². The monoisotopic (exact) mass is 275 g/mol. The molecule has 0 aromatic heterocycles. The molecule has 2 aromatic rings. The van der Waals surface area contributed by atoms with Gasteiger partial charge in [-0.05, 0) is 11.1 Å². The van der Waals surface area contributed by atoms with Gasteiger partial charge in [0.15, 0.2) is 5.54 Å². The second-order valence-electron chi connectivity index (χ2n) is 4.39. The first kappa shape index (κ1) is 14.8. The summed E-state index contributed by atoms with van der Waals surface area (Å²) in [4.78, 5) is 23.9. The first-order valence-corrected chi connectivity index (χ1v) is 5.98. The number of carbonyl (C=O) groups excluding carboxylic acids is 2. The number of rotatable bonds is 2. The smallest absolute Gasteiger partial charge is 0.316 e. The van der Waals surface area contributed by atoms with Gasteiger partial charge < -0.3 is 5.32 Å². The van der Waals surface area contributed by atoms with Gasteiger partial charge in [0.2, 0.25) is 0 Å². The van der Waals surface area contributed by atoms with Crippen LogP contribution in [0.25, 0.3) is 0 Å². The van der Waals surface area contributed by atoms with Crippen molar-refractivity contribution in [2.45, 2.75) is 5.54 Å². The van der Waals surface area contributed by atoms with E-state index in [-0.39, 0.29) is 35.5 Å². The van der Waals surface area contributed by atoms with Crippen molar-refractivity contribution in [3.8, 4) is 0 Å². The number of amides is 3. The summed E-state index contributed by atoms with van der Waals surface area (Å²) in [5, 5.41) is 5.07. The van der Waals surface area contributed by atoms with Crippen molar-refractivity contribution in [1.29, 1.82) is 0 Å². The predicted octanol–water partition coefficient (Wildman–Crippen LogP) is -1.23. The van der Waals surface area contributed by atoms with Crippen molar-refractivity contribution >= 4 is 11.9 Å². The minimum absolute atomic E-state index is 0. The summed E-state index contributed by atoms with van der Waals surface area (Å²) in [6, 6.07) is 18.0. The van der Waals surface area contributed by atoms with Gasteiger partial charge in [-0.15, -0.1) is 0 Å². The van der Waals surface area contributed by atoms with E-state index in [9.17, 15) is 9.59 Å². The molecule has 2 N–H and O–H groups in total. The maximum atomic E-state index is 12.3. The Labute approximate surface area is 138 Å². The van der Waals surface area contributed by atoms with Gasteiger partial charge >= 0.3 is 35.6 Å². The van der Waals surface area contributed by atoms with Crippen LogP contribution in [0.1, 0.15) is 11.1 Å². The van der Waals surface area contributed by atoms with Crippen LogP contribution in [0.4, 0.5) is 4.79 Å². The Morgan fingerprint density at radius 1 is 0.750 bits per heavy atom. The van der Waals surface area contributed by atoms with Gasteiger partial charge in [-0.2, -0.15) is 0 Å². The summed E-state index contributed by atoms with van der Waals surface area (Å²) in [5.74, 6) is -0.352. The molecule has 0 saturated carbocycles. The standard InChI is InChI=1S/C15H12N2O2.Na/c18-13-15(17-14(19)16-13,11-7-3-1-4-8-11)12-9-5-2-6-10-12;/h1-10H,(H2,16,17,18,19);/q;+1. The van der Waals surface area contributed by atoms with Gasteiger partial charge in [0.25, 0.3) is 5.91 Å². The second-order valence-corrected chi connectivity index (χ2v) is 4.39. The average molecular weight is 275 g/mol. The number of hydrogen-bond acceptors (Lipinski definition) is 2. The fourth-order valence-electron chi connectivity index (χ4n) is 2.40. The third-order valence-electron chi connectivity index (χ3n) is 3.28. The average Bonchev–Trinajstić information content (AvgIpc) is 2.76. The quantitative estimate of drug-likeness (QED) is 0.533. The maximum absolute atomic E-state index is 12.3. The molecule has 0 radical (unpaired) electrons. The molecule has 1 aliphatic rings. The maximum Gasteiger partial charge on any atom is 1.00 e. The van der Waals surface area contributed by atoms with E-state index in [4.69, 9.17) is 0 Å². The van der Waals surface area contributed by atoms with Crippen molar-refractivity contribution in [3.63, 3.8) is 0 Å². The fourth-order valence-corrected chi connectivity index (χ4v) is 2.40. The third kappa shape index (κ3) is 2.26. The minimum atomic E-state index is -1.14. The Morgan fingerprint density at radius 3 is 1.55 bits per heavy atom. The minimum Gasteiger partial charge on any atom is -0.316 e. The van der Waals surface area contributed by atoms with Crippen molar-refractivity contribution in [2.75, 3.05) is 0 Å². The van der Waals surface area contributed by atoms with Crippen LogP contribution in [0.15, 0.2) is 60.7 Å².